The van der Waals surface area contributed by atoms with Gasteiger partial charge in [0.1, 0.15) is 11.5 Å². The smallest absolute Gasteiger partial charge is 0.303 e. The van der Waals surface area contributed by atoms with Crippen LogP contribution in [0.5, 0.6) is 11.5 Å². The van der Waals surface area contributed by atoms with E-state index in [4.69, 9.17) is 20.0 Å². The summed E-state index contributed by atoms with van der Waals surface area (Å²) in [5.41, 5.74) is 2.41. The standard InChI is InChI=1S/C20H23NO4.H2/c1-15(21)17-6-10-19(11-7-17)25-14-2-13-24-18-8-3-16(4-9-18)5-12-20(22)23;/h3-4,6-11,21H,2,5,12-14H2,1H3,(H,22,23);1H. The molecule has 0 radical (unpaired) electrons. The molecule has 5 heteroatoms. The van der Waals surface area contributed by atoms with Crippen LogP contribution in [-0.2, 0) is 11.2 Å². The summed E-state index contributed by atoms with van der Waals surface area (Å²) in [6, 6.07) is 15.0. The van der Waals surface area contributed by atoms with Gasteiger partial charge in [0.2, 0.25) is 0 Å². The SMILES string of the molecule is CC(=N)c1ccc(OCCCOc2ccc(CCC(=O)O)cc2)cc1.[HH]. The van der Waals surface area contributed by atoms with Crippen LogP contribution in [0.3, 0.4) is 0 Å². The number of carboxylic acid groups (broad SMARTS) is 1. The fourth-order valence-electron chi connectivity index (χ4n) is 2.24. The molecule has 0 aliphatic carbocycles. The zero-order chi connectivity index (χ0) is 18.1. The Kier molecular flexibility index (Phi) is 7.01. The first-order valence-corrected chi connectivity index (χ1v) is 8.26. The summed E-state index contributed by atoms with van der Waals surface area (Å²) in [6.45, 7) is 2.86. The highest BCUT2D eigenvalue weighted by molar-refractivity contribution is 5.96. The van der Waals surface area contributed by atoms with Gasteiger partial charge < -0.3 is 20.0 Å². The van der Waals surface area contributed by atoms with E-state index in [0.717, 1.165) is 29.0 Å². The Morgan fingerprint density at radius 3 is 2.00 bits per heavy atom. The van der Waals surface area contributed by atoms with Gasteiger partial charge in [0, 0.05) is 20.0 Å². The van der Waals surface area contributed by atoms with Crippen molar-refractivity contribution in [2.24, 2.45) is 0 Å². The summed E-state index contributed by atoms with van der Waals surface area (Å²) in [5.74, 6) is 0.764. The molecule has 2 aromatic carbocycles. The molecule has 25 heavy (non-hydrogen) atoms. The lowest BCUT2D eigenvalue weighted by molar-refractivity contribution is -0.136. The van der Waals surface area contributed by atoms with Gasteiger partial charge in [-0.2, -0.15) is 0 Å². The second kappa shape index (κ2) is 9.47. The minimum atomic E-state index is -0.789. The minimum Gasteiger partial charge on any atom is -0.493 e. The number of hydrogen-bond donors (Lipinski definition) is 2. The number of rotatable bonds is 10. The predicted octanol–water partition coefficient (Wildman–Crippen LogP) is 4.19. The number of ether oxygens (including phenoxy) is 2. The topological polar surface area (TPSA) is 79.6 Å². The first-order chi connectivity index (χ1) is 12.0. The predicted molar refractivity (Wildman–Crippen MR) is 99.1 cm³/mol. The summed E-state index contributed by atoms with van der Waals surface area (Å²) in [5, 5.41) is 16.2. The second-order valence-electron chi connectivity index (χ2n) is 5.74. The van der Waals surface area contributed by atoms with E-state index in [1.165, 1.54) is 0 Å². The third kappa shape index (κ3) is 6.67. The van der Waals surface area contributed by atoms with Gasteiger partial charge in [0.05, 0.1) is 13.2 Å². The number of hydrogen-bond acceptors (Lipinski definition) is 4. The first-order valence-electron chi connectivity index (χ1n) is 8.26. The first kappa shape index (κ1) is 18.5. The molecule has 0 aliphatic heterocycles. The van der Waals surface area contributed by atoms with Crippen molar-refractivity contribution in [2.45, 2.75) is 26.2 Å². The van der Waals surface area contributed by atoms with Crippen LogP contribution in [0.4, 0.5) is 0 Å². The largest absolute Gasteiger partial charge is 0.493 e. The van der Waals surface area contributed by atoms with E-state index in [1.54, 1.807) is 6.92 Å². The Labute approximate surface area is 149 Å². The molecule has 2 aromatic rings. The molecule has 5 nitrogen and oxygen atoms in total. The maximum atomic E-state index is 10.5. The quantitative estimate of drug-likeness (QED) is 0.501. The van der Waals surface area contributed by atoms with Crippen molar-refractivity contribution in [3.63, 3.8) is 0 Å². The van der Waals surface area contributed by atoms with Crippen LogP contribution in [0.15, 0.2) is 48.5 Å². The molecule has 0 unspecified atom stereocenters. The van der Waals surface area contributed by atoms with Crippen molar-refractivity contribution in [3.05, 3.63) is 59.7 Å². The third-order valence-electron chi connectivity index (χ3n) is 3.66. The van der Waals surface area contributed by atoms with Crippen LogP contribution in [-0.4, -0.2) is 30.0 Å². The molecule has 0 bridgehead atoms. The van der Waals surface area contributed by atoms with Crippen LogP contribution < -0.4 is 9.47 Å². The van der Waals surface area contributed by atoms with Gasteiger partial charge in [0.15, 0.2) is 0 Å². The Balaban J connectivity index is 0.00000338. The second-order valence-corrected chi connectivity index (χ2v) is 5.74. The molecule has 0 atom stereocenters. The average Bonchev–Trinajstić information content (AvgIpc) is 2.61. The lowest BCUT2D eigenvalue weighted by atomic mass is 10.1. The summed E-state index contributed by atoms with van der Waals surface area (Å²) >= 11 is 0. The summed E-state index contributed by atoms with van der Waals surface area (Å²) in [6.07, 6.45) is 1.42. The van der Waals surface area contributed by atoms with Gasteiger partial charge in [0.25, 0.3) is 0 Å². The van der Waals surface area contributed by atoms with Crippen LogP contribution in [0.25, 0.3) is 0 Å². The fourth-order valence-corrected chi connectivity index (χ4v) is 2.24. The fraction of sp³-hybridized carbons (Fsp3) is 0.300. The zero-order valence-corrected chi connectivity index (χ0v) is 14.3. The van der Waals surface area contributed by atoms with E-state index in [-0.39, 0.29) is 7.85 Å². The average molecular weight is 343 g/mol. The van der Waals surface area contributed by atoms with Crippen molar-refractivity contribution in [1.82, 2.24) is 0 Å². The van der Waals surface area contributed by atoms with Crippen molar-refractivity contribution in [1.29, 1.82) is 5.41 Å². The molecule has 2 rings (SSSR count). The molecular formula is C20H25NO4. The number of nitrogens with one attached hydrogen (secondary N) is 1. The third-order valence-corrected chi connectivity index (χ3v) is 3.66. The lowest BCUT2D eigenvalue weighted by Gasteiger charge is -2.09. The molecule has 0 aromatic heterocycles. The van der Waals surface area contributed by atoms with Gasteiger partial charge in [-0.15, -0.1) is 0 Å². The maximum absolute atomic E-state index is 10.5. The van der Waals surface area contributed by atoms with Crippen LogP contribution in [0, 0.1) is 5.41 Å². The molecule has 0 spiro atoms. The number of aryl methyl sites for hydroxylation is 1. The zero-order valence-electron chi connectivity index (χ0n) is 14.3. The van der Waals surface area contributed by atoms with E-state index in [2.05, 4.69) is 0 Å². The molecule has 0 saturated heterocycles. The van der Waals surface area contributed by atoms with Crippen molar-refractivity contribution in [2.75, 3.05) is 13.2 Å². The maximum Gasteiger partial charge on any atom is 0.303 e. The molecular weight excluding hydrogens is 318 g/mol. The minimum absolute atomic E-state index is 0. The summed E-state index contributed by atoms with van der Waals surface area (Å²) < 4.78 is 11.3. The van der Waals surface area contributed by atoms with Gasteiger partial charge in [-0.05, 0) is 60.9 Å². The van der Waals surface area contributed by atoms with E-state index in [9.17, 15) is 4.79 Å². The van der Waals surface area contributed by atoms with Gasteiger partial charge in [-0.1, -0.05) is 12.1 Å². The molecule has 0 fully saturated rings. The molecule has 0 saturated carbocycles. The molecule has 0 amide bonds. The van der Waals surface area contributed by atoms with Gasteiger partial charge in [-0.25, -0.2) is 0 Å². The van der Waals surface area contributed by atoms with Gasteiger partial charge in [-0.3, -0.25) is 4.79 Å². The van der Waals surface area contributed by atoms with Crippen molar-refractivity contribution >= 4 is 11.7 Å². The monoisotopic (exact) mass is 343 g/mol. The molecule has 0 heterocycles. The van der Waals surface area contributed by atoms with Crippen LogP contribution in [0.1, 0.15) is 32.3 Å². The number of benzene rings is 2. The van der Waals surface area contributed by atoms with Crippen molar-refractivity contribution in [3.8, 4) is 11.5 Å². The summed E-state index contributed by atoms with van der Waals surface area (Å²) in [7, 11) is 0. The lowest BCUT2D eigenvalue weighted by Crippen LogP contribution is -2.05. The molecule has 134 valence electrons. The molecule has 2 N–H and O–H groups in total. The number of carboxylic acids is 1. The van der Waals surface area contributed by atoms with E-state index >= 15 is 0 Å². The number of aliphatic carboxylic acids is 1. The van der Waals surface area contributed by atoms with Gasteiger partial charge >= 0.3 is 5.97 Å². The van der Waals surface area contributed by atoms with Crippen LogP contribution in [0.2, 0.25) is 0 Å². The molecule has 0 aliphatic rings. The van der Waals surface area contributed by atoms with Crippen LogP contribution >= 0.6 is 0 Å². The van der Waals surface area contributed by atoms with E-state index < -0.39 is 5.97 Å². The highest BCUT2D eigenvalue weighted by Crippen LogP contribution is 2.15. The van der Waals surface area contributed by atoms with Crippen molar-refractivity contribution < 1.29 is 20.8 Å². The summed E-state index contributed by atoms with van der Waals surface area (Å²) in [4.78, 5) is 10.5. The Hall–Kier alpha value is -2.82. The Morgan fingerprint density at radius 1 is 1.00 bits per heavy atom. The Morgan fingerprint density at radius 2 is 1.52 bits per heavy atom. The van der Waals surface area contributed by atoms with E-state index in [0.29, 0.717) is 25.3 Å². The highest BCUT2D eigenvalue weighted by Gasteiger charge is 2.01. The normalized spacial score (nSPS) is 10.3. The Bertz CT molecular complexity index is 699. The number of carbonyl (C=O) groups is 1. The van der Waals surface area contributed by atoms with E-state index in [1.807, 2.05) is 48.5 Å². The highest BCUT2D eigenvalue weighted by atomic mass is 16.5.